The van der Waals surface area contributed by atoms with Crippen LogP contribution in [0.5, 0.6) is 0 Å². The van der Waals surface area contributed by atoms with Gasteiger partial charge in [-0.1, -0.05) is 78.6 Å². The van der Waals surface area contributed by atoms with Crippen molar-refractivity contribution in [1.29, 1.82) is 0 Å². The summed E-state index contributed by atoms with van der Waals surface area (Å²) >= 11 is 0. The molecule has 0 aromatic rings. The molecule has 0 aliphatic rings. The summed E-state index contributed by atoms with van der Waals surface area (Å²) in [5, 5.41) is 18.6. The van der Waals surface area contributed by atoms with E-state index in [0.29, 0.717) is 6.42 Å². The van der Waals surface area contributed by atoms with Crippen molar-refractivity contribution in [3.05, 3.63) is 0 Å². The van der Waals surface area contributed by atoms with Gasteiger partial charge >= 0.3 is 92.9 Å². The fourth-order valence-electron chi connectivity index (χ4n) is 2.80. The van der Waals surface area contributed by atoms with Crippen molar-refractivity contribution < 1.29 is 19.8 Å². The summed E-state index contributed by atoms with van der Waals surface area (Å²) in [7, 11) is 0. The minimum atomic E-state index is -1.62. The van der Waals surface area contributed by atoms with E-state index < -0.39 is 23.3 Å². The van der Waals surface area contributed by atoms with Crippen molar-refractivity contribution in [1.82, 2.24) is 0 Å². The van der Waals surface area contributed by atoms with Crippen molar-refractivity contribution >= 4 is 92.9 Å². The molecule has 0 spiro atoms. The first-order valence-corrected chi connectivity index (χ1v) is 8.36. The number of carboxylic acids is 2. The van der Waals surface area contributed by atoms with Gasteiger partial charge in [-0.2, -0.15) is 0 Å². The third-order valence-electron chi connectivity index (χ3n) is 4.42. The standard InChI is InChI=1S/C17H32O4.K.Na.2H/c1-4-5-6-7-8-9-10-11-12-13-17(14(2)3,15(18)19)16(20)21;;;;/h14H,4-13H2,1-3H3,(H,18,19)(H,20,21);;;;. The Labute approximate surface area is 206 Å². The molecule has 2 N–H and O–H groups in total. The Hall–Kier alpha value is 1.58. The fourth-order valence-corrected chi connectivity index (χ4v) is 2.80. The van der Waals surface area contributed by atoms with E-state index in [9.17, 15) is 19.8 Å². The predicted molar refractivity (Wildman–Crippen MR) is 98.7 cm³/mol. The molecule has 0 aromatic heterocycles. The maximum atomic E-state index is 11.4. The third kappa shape index (κ3) is 11.0. The van der Waals surface area contributed by atoms with E-state index in [4.69, 9.17) is 0 Å². The van der Waals surface area contributed by atoms with Crippen LogP contribution in [0.4, 0.5) is 0 Å². The summed E-state index contributed by atoms with van der Waals surface area (Å²) in [6, 6.07) is 0. The van der Waals surface area contributed by atoms with Crippen LogP contribution in [0.25, 0.3) is 0 Å². The van der Waals surface area contributed by atoms with Gasteiger partial charge in [-0.15, -0.1) is 0 Å². The quantitative estimate of drug-likeness (QED) is 0.298. The summed E-state index contributed by atoms with van der Waals surface area (Å²) in [4.78, 5) is 22.8. The second kappa shape index (κ2) is 17.0. The number of hydrogen-bond donors (Lipinski definition) is 2. The Balaban J connectivity index is -0.00000200. The Morgan fingerprint density at radius 3 is 1.48 bits per heavy atom. The average molecular weight is 365 g/mol. The first-order chi connectivity index (χ1) is 9.89. The van der Waals surface area contributed by atoms with Gasteiger partial charge in [0.25, 0.3) is 0 Å². The van der Waals surface area contributed by atoms with Crippen LogP contribution in [0.1, 0.15) is 85.0 Å². The monoisotopic (exact) mass is 364 g/mol. The van der Waals surface area contributed by atoms with Gasteiger partial charge in [0.1, 0.15) is 0 Å². The molecule has 4 nitrogen and oxygen atoms in total. The zero-order valence-corrected chi connectivity index (χ0v) is 13.9. The summed E-state index contributed by atoms with van der Waals surface area (Å²) in [5.74, 6) is -2.81. The molecular weight excluding hydrogens is 330 g/mol. The van der Waals surface area contributed by atoms with Crippen LogP contribution in [0.2, 0.25) is 0 Å². The first-order valence-electron chi connectivity index (χ1n) is 8.36. The van der Waals surface area contributed by atoms with Crippen LogP contribution in [0.15, 0.2) is 0 Å². The Morgan fingerprint density at radius 2 is 1.17 bits per heavy atom. The number of rotatable bonds is 13. The average Bonchev–Trinajstić information content (AvgIpc) is 2.39. The molecule has 0 aliphatic heterocycles. The number of hydrogen-bond acceptors (Lipinski definition) is 2. The topological polar surface area (TPSA) is 74.6 Å². The maximum absolute atomic E-state index is 11.4. The van der Waals surface area contributed by atoms with E-state index in [1.807, 2.05) is 0 Å². The van der Waals surface area contributed by atoms with Gasteiger partial charge in [0.05, 0.1) is 0 Å². The molecule has 0 aliphatic carbocycles. The number of aliphatic carboxylic acids is 2. The van der Waals surface area contributed by atoms with Gasteiger partial charge in [0, 0.05) is 0 Å². The summed E-state index contributed by atoms with van der Waals surface area (Å²) in [5.41, 5.74) is -1.62. The molecule has 0 heterocycles. The number of carbonyl (C=O) groups is 2. The zero-order valence-electron chi connectivity index (χ0n) is 13.9. The molecule has 6 heteroatoms. The van der Waals surface area contributed by atoms with Crippen LogP contribution in [0, 0.1) is 11.3 Å². The van der Waals surface area contributed by atoms with Gasteiger partial charge in [-0.05, 0) is 12.3 Å². The van der Waals surface area contributed by atoms with E-state index in [1.54, 1.807) is 13.8 Å². The summed E-state index contributed by atoms with van der Waals surface area (Å²) in [6.07, 6.45) is 10.4. The van der Waals surface area contributed by atoms with Crippen molar-refractivity contribution in [2.24, 2.45) is 11.3 Å². The van der Waals surface area contributed by atoms with Crippen molar-refractivity contribution in [3.63, 3.8) is 0 Å². The number of carboxylic acid groups (broad SMARTS) is 2. The van der Waals surface area contributed by atoms with E-state index in [1.165, 1.54) is 38.5 Å². The van der Waals surface area contributed by atoms with E-state index in [2.05, 4.69) is 6.92 Å². The molecule has 128 valence electrons. The normalized spacial score (nSPS) is 10.8. The Bertz CT molecular complexity index is 308. The molecule has 0 aromatic carbocycles. The molecule has 0 atom stereocenters. The fraction of sp³-hybridized carbons (Fsp3) is 0.882. The molecule has 0 unspecified atom stereocenters. The Kier molecular flexibility index (Phi) is 21.7. The second-order valence-electron chi connectivity index (χ2n) is 6.31. The summed E-state index contributed by atoms with van der Waals surface area (Å²) in [6.45, 7) is 5.55. The van der Waals surface area contributed by atoms with Crippen molar-refractivity contribution in [3.8, 4) is 0 Å². The van der Waals surface area contributed by atoms with E-state index >= 15 is 0 Å². The van der Waals surface area contributed by atoms with Crippen LogP contribution in [0.3, 0.4) is 0 Å². The summed E-state index contributed by atoms with van der Waals surface area (Å²) < 4.78 is 0. The first kappa shape index (κ1) is 29.3. The molecule has 0 saturated carbocycles. The third-order valence-corrected chi connectivity index (χ3v) is 4.42. The SMILES string of the molecule is CCCCCCCCCCCC(C(=O)O)(C(=O)O)C(C)C.[KH].[NaH]. The molecule has 0 rings (SSSR count). The van der Waals surface area contributed by atoms with Crippen molar-refractivity contribution in [2.45, 2.75) is 85.0 Å². The molecule has 0 fully saturated rings. The molecule has 0 saturated heterocycles. The van der Waals surface area contributed by atoms with Gasteiger partial charge in [-0.25, -0.2) is 0 Å². The molecule has 23 heavy (non-hydrogen) atoms. The molecular formula is C17H34KNaO4. The van der Waals surface area contributed by atoms with Crippen LogP contribution < -0.4 is 0 Å². The van der Waals surface area contributed by atoms with Crippen LogP contribution in [-0.4, -0.2) is 103 Å². The van der Waals surface area contributed by atoms with Gasteiger partial charge in [0.2, 0.25) is 0 Å². The minimum absolute atomic E-state index is 0. The van der Waals surface area contributed by atoms with Gasteiger partial charge in [0.15, 0.2) is 5.41 Å². The van der Waals surface area contributed by atoms with E-state index in [-0.39, 0.29) is 87.4 Å². The Morgan fingerprint density at radius 1 is 0.826 bits per heavy atom. The van der Waals surface area contributed by atoms with Gasteiger partial charge in [-0.3, -0.25) is 9.59 Å². The molecule has 0 amide bonds. The zero-order chi connectivity index (χ0) is 16.3. The van der Waals surface area contributed by atoms with E-state index in [0.717, 1.165) is 12.8 Å². The van der Waals surface area contributed by atoms with Crippen LogP contribution >= 0.6 is 0 Å². The molecule has 0 radical (unpaired) electrons. The molecule has 0 bridgehead atoms. The van der Waals surface area contributed by atoms with Gasteiger partial charge < -0.3 is 10.2 Å². The van der Waals surface area contributed by atoms with Crippen LogP contribution in [-0.2, 0) is 9.59 Å². The predicted octanol–water partition coefficient (Wildman–Crippen LogP) is 3.42. The van der Waals surface area contributed by atoms with Crippen molar-refractivity contribution in [2.75, 3.05) is 0 Å². The second-order valence-corrected chi connectivity index (χ2v) is 6.31. The number of unbranched alkanes of at least 4 members (excludes halogenated alkanes) is 8.